The van der Waals surface area contributed by atoms with Crippen LogP contribution in [0.1, 0.15) is 5.56 Å². The lowest BCUT2D eigenvalue weighted by atomic mass is 10.2. The second-order valence-corrected chi connectivity index (χ2v) is 6.42. The predicted molar refractivity (Wildman–Crippen MR) is 88.7 cm³/mol. The van der Waals surface area contributed by atoms with E-state index in [0.29, 0.717) is 5.82 Å². The minimum absolute atomic E-state index is 0.329. The molecule has 0 saturated carbocycles. The van der Waals surface area contributed by atoms with Crippen LogP contribution in [0.3, 0.4) is 0 Å². The molecule has 0 spiro atoms. The van der Waals surface area contributed by atoms with Gasteiger partial charge in [-0.3, -0.25) is 9.40 Å². The highest BCUT2D eigenvalue weighted by molar-refractivity contribution is 7.95. The van der Waals surface area contributed by atoms with Crippen molar-refractivity contribution in [3.63, 3.8) is 0 Å². The van der Waals surface area contributed by atoms with E-state index in [0.717, 1.165) is 21.9 Å². The summed E-state index contributed by atoms with van der Waals surface area (Å²) in [5.41, 5.74) is 1.69. The number of anilines is 1. The molecule has 1 N–H and O–H groups in total. The Bertz CT molecular complexity index is 928. The fourth-order valence-electron chi connectivity index (χ4n) is 2.19. The molecule has 5 nitrogen and oxygen atoms in total. The first-order valence-corrected chi connectivity index (χ1v) is 8.27. The van der Waals surface area contributed by atoms with E-state index in [1.807, 2.05) is 54.6 Å². The zero-order valence-corrected chi connectivity index (χ0v) is 12.8. The van der Waals surface area contributed by atoms with Crippen LogP contribution in [0.25, 0.3) is 17.0 Å². The normalized spacial score (nSPS) is 12.0. The number of aromatic nitrogens is 2. The molecule has 0 radical (unpaired) electrons. The summed E-state index contributed by atoms with van der Waals surface area (Å²) in [5.74, 6) is 0.329. The van der Waals surface area contributed by atoms with Gasteiger partial charge in [0.2, 0.25) is 0 Å². The first-order valence-electron chi connectivity index (χ1n) is 6.73. The number of nitrogens with zero attached hydrogens (tertiary/aromatic N) is 2. The van der Waals surface area contributed by atoms with Crippen LogP contribution >= 0.6 is 0 Å². The molecule has 0 aliphatic heterocycles. The summed E-state index contributed by atoms with van der Waals surface area (Å²) in [6.45, 7) is 0. The Kier molecular flexibility index (Phi) is 3.68. The zero-order chi connectivity index (χ0) is 15.6. The summed E-state index contributed by atoms with van der Waals surface area (Å²) >= 11 is 0. The first-order chi connectivity index (χ1) is 10.6. The smallest absolute Gasteiger partial charge is 0.256 e. The highest BCUT2D eigenvalue weighted by atomic mass is 32.2. The molecular formula is C16H15N3O2S. The van der Waals surface area contributed by atoms with Gasteiger partial charge in [-0.25, -0.2) is 8.42 Å². The molecule has 1 heterocycles. The van der Waals surface area contributed by atoms with Crippen LogP contribution in [0.5, 0.6) is 0 Å². The van der Waals surface area contributed by atoms with E-state index >= 15 is 0 Å². The Hall–Kier alpha value is -2.60. The fraction of sp³-hybridized carbons (Fsp3) is 0.0625. The van der Waals surface area contributed by atoms with Crippen molar-refractivity contribution in [2.45, 2.75) is 0 Å². The van der Waals surface area contributed by atoms with E-state index < -0.39 is 10.0 Å². The van der Waals surface area contributed by atoms with Gasteiger partial charge in [0, 0.05) is 12.4 Å². The largest absolute Gasteiger partial charge is 0.266 e. The third kappa shape index (κ3) is 3.01. The minimum atomic E-state index is -3.62. The lowest BCUT2D eigenvalue weighted by Crippen LogP contribution is -2.09. The van der Waals surface area contributed by atoms with E-state index in [1.54, 1.807) is 17.8 Å². The Labute approximate surface area is 128 Å². The number of rotatable bonds is 4. The molecule has 0 aliphatic rings. The van der Waals surface area contributed by atoms with E-state index in [-0.39, 0.29) is 0 Å². The summed E-state index contributed by atoms with van der Waals surface area (Å²) in [6.07, 6.45) is 1.55. The average Bonchev–Trinajstić information content (AvgIpc) is 2.83. The van der Waals surface area contributed by atoms with Crippen molar-refractivity contribution >= 4 is 32.8 Å². The minimum Gasteiger partial charge on any atom is -0.266 e. The zero-order valence-electron chi connectivity index (χ0n) is 12.0. The molecule has 3 rings (SSSR count). The molecule has 0 fully saturated rings. The van der Waals surface area contributed by atoms with Gasteiger partial charge in [0.15, 0.2) is 5.82 Å². The maximum Gasteiger partial charge on any atom is 0.256 e. The van der Waals surface area contributed by atoms with E-state index in [9.17, 15) is 8.42 Å². The summed E-state index contributed by atoms with van der Waals surface area (Å²) in [4.78, 5) is 0. The first kappa shape index (κ1) is 14.3. The fourth-order valence-corrected chi connectivity index (χ4v) is 3.01. The van der Waals surface area contributed by atoms with Crippen molar-refractivity contribution in [2.24, 2.45) is 7.05 Å². The molecule has 6 heteroatoms. The van der Waals surface area contributed by atoms with Crippen LogP contribution in [-0.2, 0) is 17.1 Å². The maximum atomic E-state index is 12.2. The van der Waals surface area contributed by atoms with Gasteiger partial charge < -0.3 is 0 Å². The van der Waals surface area contributed by atoms with Crippen molar-refractivity contribution in [1.29, 1.82) is 0 Å². The van der Waals surface area contributed by atoms with Crippen molar-refractivity contribution < 1.29 is 8.42 Å². The van der Waals surface area contributed by atoms with E-state index in [2.05, 4.69) is 9.82 Å². The lowest BCUT2D eigenvalue weighted by Gasteiger charge is -2.01. The second-order valence-electron chi connectivity index (χ2n) is 4.85. The lowest BCUT2D eigenvalue weighted by molar-refractivity contribution is 0.609. The topological polar surface area (TPSA) is 64.0 Å². The number of benzene rings is 2. The molecule has 1 aromatic heterocycles. The van der Waals surface area contributed by atoms with Gasteiger partial charge in [0.05, 0.1) is 10.9 Å². The number of sulfonamides is 1. The summed E-state index contributed by atoms with van der Waals surface area (Å²) in [5, 5.41) is 6.13. The highest BCUT2D eigenvalue weighted by Gasteiger charge is 2.13. The third-order valence-electron chi connectivity index (χ3n) is 3.24. The number of hydrogen-bond donors (Lipinski definition) is 1. The Morgan fingerprint density at radius 1 is 1.05 bits per heavy atom. The predicted octanol–water partition coefficient (Wildman–Crippen LogP) is 2.99. The summed E-state index contributed by atoms with van der Waals surface area (Å²) in [7, 11) is -1.84. The van der Waals surface area contributed by atoms with Crippen molar-refractivity contribution in [2.75, 3.05) is 4.72 Å². The van der Waals surface area contributed by atoms with Gasteiger partial charge >= 0.3 is 0 Å². The Morgan fingerprint density at radius 2 is 1.73 bits per heavy atom. The molecule has 112 valence electrons. The van der Waals surface area contributed by atoms with Gasteiger partial charge in [-0.15, -0.1) is 0 Å². The average molecular weight is 313 g/mol. The van der Waals surface area contributed by atoms with E-state index in [4.69, 9.17) is 0 Å². The van der Waals surface area contributed by atoms with Crippen molar-refractivity contribution in [1.82, 2.24) is 9.78 Å². The third-order valence-corrected chi connectivity index (χ3v) is 4.21. The number of aryl methyl sites for hydroxylation is 1. The van der Waals surface area contributed by atoms with Gasteiger partial charge in [0.1, 0.15) is 0 Å². The van der Waals surface area contributed by atoms with Crippen molar-refractivity contribution in [3.05, 3.63) is 65.6 Å². The number of para-hydroxylation sites is 1. The van der Waals surface area contributed by atoms with Gasteiger partial charge in [-0.1, -0.05) is 42.5 Å². The highest BCUT2D eigenvalue weighted by Crippen LogP contribution is 2.22. The molecule has 0 amide bonds. The summed E-state index contributed by atoms with van der Waals surface area (Å²) in [6, 6.07) is 16.7. The van der Waals surface area contributed by atoms with Crippen molar-refractivity contribution in [3.8, 4) is 0 Å². The molecule has 0 aliphatic carbocycles. The Morgan fingerprint density at radius 3 is 2.50 bits per heavy atom. The maximum absolute atomic E-state index is 12.2. The molecule has 0 atom stereocenters. The number of hydrogen-bond acceptors (Lipinski definition) is 3. The van der Waals surface area contributed by atoms with Crippen LogP contribution < -0.4 is 4.72 Å². The molecule has 22 heavy (non-hydrogen) atoms. The number of fused-ring (bicyclic) bond motifs is 1. The molecule has 3 aromatic rings. The quantitative estimate of drug-likeness (QED) is 0.805. The van der Waals surface area contributed by atoms with Crippen LogP contribution in [0.4, 0.5) is 5.82 Å². The SMILES string of the molecule is Cn1nc(NS(=O)(=O)/C=C/c2ccccc2)c2ccccc21. The Balaban J connectivity index is 1.89. The molecule has 0 bridgehead atoms. The standard InChI is InChI=1S/C16H15N3O2S/c1-19-15-10-6-5-9-14(15)16(17-19)18-22(20,21)12-11-13-7-3-2-4-8-13/h2-12H,1H3,(H,17,18)/b12-11+. The van der Waals surface area contributed by atoms with Crippen LogP contribution in [-0.4, -0.2) is 18.2 Å². The second kappa shape index (κ2) is 5.65. The van der Waals surface area contributed by atoms with Gasteiger partial charge in [-0.2, -0.15) is 5.10 Å². The molecule has 0 unspecified atom stereocenters. The van der Waals surface area contributed by atoms with E-state index in [1.165, 1.54) is 0 Å². The van der Waals surface area contributed by atoms with Crippen LogP contribution in [0.2, 0.25) is 0 Å². The molecule has 2 aromatic carbocycles. The van der Waals surface area contributed by atoms with Gasteiger partial charge in [-0.05, 0) is 23.8 Å². The monoisotopic (exact) mass is 313 g/mol. The van der Waals surface area contributed by atoms with Gasteiger partial charge in [0.25, 0.3) is 10.0 Å². The molecule has 0 saturated heterocycles. The summed E-state index contributed by atoms with van der Waals surface area (Å²) < 4.78 is 28.5. The van der Waals surface area contributed by atoms with Crippen LogP contribution in [0.15, 0.2) is 60.0 Å². The number of nitrogens with one attached hydrogen (secondary N) is 1. The van der Waals surface area contributed by atoms with Crippen LogP contribution in [0, 0.1) is 0 Å². The molecular weight excluding hydrogens is 298 g/mol.